The van der Waals surface area contributed by atoms with Crippen LogP contribution in [-0.4, -0.2) is 14.5 Å². The highest BCUT2D eigenvalue weighted by atomic mass is 32.1. The molecule has 0 atom stereocenters. The Morgan fingerprint density at radius 2 is 2.24 bits per heavy atom. The highest BCUT2D eigenvalue weighted by molar-refractivity contribution is 7.71. The van der Waals surface area contributed by atoms with Crippen LogP contribution in [-0.2, 0) is 0 Å². The molecule has 0 spiro atoms. The van der Waals surface area contributed by atoms with Crippen molar-refractivity contribution in [1.82, 2.24) is 14.5 Å². The lowest BCUT2D eigenvalue weighted by Crippen LogP contribution is -2.08. The maximum atomic E-state index is 11.2. The van der Waals surface area contributed by atoms with Crippen LogP contribution in [0, 0.1) is 16.1 Å². The Morgan fingerprint density at radius 3 is 2.95 bits per heavy atom. The molecule has 0 saturated carbocycles. The quantitative estimate of drug-likeness (QED) is 0.583. The van der Waals surface area contributed by atoms with Crippen LogP contribution in [0.15, 0.2) is 41.3 Å². The van der Waals surface area contributed by atoms with Gasteiger partial charge in [0.1, 0.15) is 16.6 Å². The van der Waals surface area contributed by atoms with E-state index in [9.17, 15) is 10.1 Å². The highest BCUT2D eigenvalue weighted by Crippen LogP contribution is 2.26. The lowest BCUT2D eigenvalue weighted by molar-refractivity contribution is 0.985. The van der Waals surface area contributed by atoms with Gasteiger partial charge in [0.15, 0.2) is 4.77 Å². The number of benzene rings is 1. The predicted molar refractivity (Wildman–Crippen MR) is 85.3 cm³/mol. The zero-order valence-electron chi connectivity index (χ0n) is 10.6. The van der Waals surface area contributed by atoms with Gasteiger partial charge in [-0.15, -0.1) is 11.3 Å². The predicted octanol–water partition coefficient (Wildman–Crippen LogP) is 3.04. The summed E-state index contributed by atoms with van der Waals surface area (Å²) < 4.78 is 2.76. The van der Waals surface area contributed by atoms with Crippen LogP contribution in [0.5, 0.6) is 0 Å². The second-order valence-electron chi connectivity index (χ2n) is 4.16. The first-order chi connectivity index (χ1) is 10.2. The molecule has 5 nitrogen and oxygen atoms in total. The molecule has 0 aliphatic rings. The van der Waals surface area contributed by atoms with Crippen molar-refractivity contribution in [1.29, 1.82) is 5.26 Å². The number of hydrogen-bond donors (Lipinski definition) is 1. The number of thiazole rings is 1. The fourth-order valence-corrected chi connectivity index (χ4v) is 2.93. The number of H-pyrrole nitrogens is 1. The van der Waals surface area contributed by atoms with E-state index in [2.05, 4.69) is 16.0 Å². The van der Waals surface area contributed by atoms with E-state index in [1.807, 2.05) is 24.3 Å². The van der Waals surface area contributed by atoms with Crippen LogP contribution in [0.1, 0.15) is 5.01 Å². The monoisotopic (exact) mass is 312 g/mol. The lowest BCUT2D eigenvalue weighted by Gasteiger charge is -1.99. The molecule has 2 heterocycles. The first-order valence-electron chi connectivity index (χ1n) is 5.97. The van der Waals surface area contributed by atoms with Gasteiger partial charge in [-0.3, -0.25) is 14.3 Å². The molecule has 0 aliphatic heterocycles. The van der Waals surface area contributed by atoms with Gasteiger partial charge in [-0.2, -0.15) is 5.26 Å². The van der Waals surface area contributed by atoms with Crippen LogP contribution in [0.4, 0.5) is 0 Å². The molecule has 0 unspecified atom stereocenters. The third-order valence-corrected chi connectivity index (χ3v) is 4.15. The molecular formula is C14H8N4OS2. The van der Waals surface area contributed by atoms with Gasteiger partial charge in [-0.1, -0.05) is 12.1 Å². The molecule has 1 aromatic carbocycles. The Labute approximate surface area is 128 Å². The summed E-state index contributed by atoms with van der Waals surface area (Å²) in [6.45, 7) is 0. The topological polar surface area (TPSA) is 74.5 Å². The number of hydrogen-bond acceptors (Lipinski definition) is 5. The highest BCUT2D eigenvalue weighted by Gasteiger charge is 2.08. The Hall–Kier alpha value is -2.56. The molecule has 7 heteroatoms. The van der Waals surface area contributed by atoms with Crippen LogP contribution < -0.4 is 5.56 Å². The molecule has 1 N–H and O–H groups in total. The summed E-state index contributed by atoms with van der Waals surface area (Å²) >= 11 is 6.49. The second-order valence-corrected chi connectivity index (χ2v) is 5.58. The maximum absolute atomic E-state index is 11.2. The number of nitrogens with zero attached hydrogens (tertiary/aromatic N) is 3. The number of rotatable bonds is 2. The molecule has 0 bridgehead atoms. The van der Waals surface area contributed by atoms with Gasteiger partial charge in [-0.05, 0) is 24.4 Å². The molecule has 3 aromatic rings. The number of fused-ring (bicyclic) bond motifs is 1. The summed E-state index contributed by atoms with van der Waals surface area (Å²) in [5.41, 5.74) is 0.964. The zero-order chi connectivity index (χ0) is 14.8. The fraction of sp³-hybridized carbons (Fsp3) is 0. The van der Waals surface area contributed by atoms with E-state index in [0.717, 1.165) is 10.2 Å². The fourth-order valence-electron chi connectivity index (χ4n) is 1.79. The van der Waals surface area contributed by atoms with Gasteiger partial charge in [-0.25, -0.2) is 4.98 Å². The minimum absolute atomic E-state index is 0.233. The van der Waals surface area contributed by atoms with Gasteiger partial charge in [0.2, 0.25) is 0 Å². The third-order valence-electron chi connectivity index (χ3n) is 2.76. The van der Waals surface area contributed by atoms with E-state index in [1.54, 1.807) is 6.20 Å². The largest absolute Gasteiger partial charge is 0.299 e. The summed E-state index contributed by atoms with van der Waals surface area (Å²) in [6, 6.07) is 11.2. The van der Waals surface area contributed by atoms with Crippen molar-refractivity contribution in [2.24, 2.45) is 0 Å². The van der Waals surface area contributed by atoms with E-state index in [4.69, 9.17) is 12.2 Å². The van der Waals surface area contributed by atoms with Crippen molar-refractivity contribution >= 4 is 45.5 Å². The SMILES string of the molecule is N#C/C(=C\n1ccc(=O)[nH]c1=S)c1nc2ccccc2s1. The molecule has 0 radical (unpaired) electrons. The average Bonchev–Trinajstić information content (AvgIpc) is 2.90. The molecule has 2 aromatic heterocycles. The standard InChI is InChI=1S/C14H8N4OS2/c15-7-9(8-18-6-5-12(19)17-14(18)20)13-16-10-3-1-2-4-11(10)21-13/h1-6,8H,(H,17,19,20)/b9-8+. The van der Waals surface area contributed by atoms with E-state index in [-0.39, 0.29) is 10.3 Å². The smallest absolute Gasteiger partial charge is 0.251 e. The first kappa shape index (κ1) is 13.4. The van der Waals surface area contributed by atoms with Crippen molar-refractivity contribution in [2.75, 3.05) is 0 Å². The summed E-state index contributed by atoms with van der Waals surface area (Å²) in [7, 11) is 0. The molecule has 0 fully saturated rings. The van der Waals surface area contributed by atoms with Gasteiger partial charge in [0, 0.05) is 18.5 Å². The summed E-state index contributed by atoms with van der Waals surface area (Å²) in [4.78, 5) is 18.1. The van der Waals surface area contributed by atoms with Crippen molar-refractivity contribution in [3.63, 3.8) is 0 Å². The van der Waals surface area contributed by atoms with Crippen LogP contribution in [0.25, 0.3) is 22.0 Å². The van der Waals surface area contributed by atoms with Crippen molar-refractivity contribution in [3.8, 4) is 6.07 Å². The van der Waals surface area contributed by atoms with Crippen molar-refractivity contribution in [2.45, 2.75) is 0 Å². The Kier molecular flexibility index (Phi) is 3.48. The Bertz CT molecular complexity index is 971. The van der Waals surface area contributed by atoms with E-state index in [1.165, 1.54) is 28.2 Å². The molecule has 3 rings (SSSR count). The van der Waals surface area contributed by atoms with Gasteiger partial charge >= 0.3 is 0 Å². The molecule has 102 valence electrons. The molecule has 0 aliphatic carbocycles. The van der Waals surface area contributed by atoms with Crippen LogP contribution in [0.2, 0.25) is 0 Å². The summed E-state index contributed by atoms with van der Waals surface area (Å²) in [5.74, 6) is 0. The number of para-hydroxylation sites is 1. The maximum Gasteiger partial charge on any atom is 0.251 e. The number of nitrogens with one attached hydrogen (secondary N) is 1. The number of nitriles is 1. The summed E-state index contributed by atoms with van der Waals surface area (Å²) in [6.07, 6.45) is 3.09. The molecule has 0 amide bonds. The average molecular weight is 312 g/mol. The second kappa shape index (κ2) is 5.44. The molecule has 0 saturated heterocycles. The minimum atomic E-state index is -0.275. The van der Waals surface area contributed by atoms with Crippen LogP contribution in [0.3, 0.4) is 0 Å². The van der Waals surface area contributed by atoms with Crippen molar-refractivity contribution < 1.29 is 0 Å². The van der Waals surface area contributed by atoms with Gasteiger partial charge in [0.05, 0.1) is 10.2 Å². The lowest BCUT2D eigenvalue weighted by atomic mass is 10.3. The minimum Gasteiger partial charge on any atom is -0.299 e. The molecular weight excluding hydrogens is 304 g/mol. The molecule has 21 heavy (non-hydrogen) atoms. The third kappa shape index (κ3) is 2.67. The van der Waals surface area contributed by atoms with Gasteiger partial charge in [0.25, 0.3) is 5.56 Å². The summed E-state index contributed by atoms with van der Waals surface area (Å²) in [5, 5.41) is 9.96. The van der Waals surface area contributed by atoms with Crippen LogP contribution >= 0.6 is 23.6 Å². The zero-order valence-corrected chi connectivity index (χ0v) is 12.2. The number of aromatic amines is 1. The number of allylic oxidation sites excluding steroid dienone is 1. The normalized spacial score (nSPS) is 11.5. The van der Waals surface area contributed by atoms with E-state index >= 15 is 0 Å². The van der Waals surface area contributed by atoms with E-state index < -0.39 is 0 Å². The van der Waals surface area contributed by atoms with E-state index in [0.29, 0.717) is 10.6 Å². The Balaban J connectivity index is 2.13. The van der Waals surface area contributed by atoms with Gasteiger partial charge < -0.3 is 0 Å². The first-order valence-corrected chi connectivity index (χ1v) is 7.19. The Morgan fingerprint density at radius 1 is 1.43 bits per heavy atom. The number of aromatic nitrogens is 3. The van der Waals surface area contributed by atoms with Crippen molar-refractivity contribution in [3.05, 3.63) is 56.7 Å².